The smallest absolute Gasteiger partial charge is 0.317 e. The highest BCUT2D eigenvalue weighted by Crippen LogP contribution is 2.55. The van der Waals surface area contributed by atoms with E-state index in [-0.39, 0.29) is 37.4 Å². The number of carbonyl (C=O) groups excluding carboxylic acids is 1. The third kappa shape index (κ3) is 6.81. The standard InChI is InChI=1S/C34H35NO15/c35-5-6-42-34-33(30(41)29(40)26(48-34)14-43-28(39)12-27(37)38)50-49-19-8-17(7-16-1-3-18(36)4-2-16)31-21(9-19)32-22(13-44-31)20-10-24-25(46-15-45-24)11-23(20)47-32/h1-4,8-11,22,26,29-30,32-34,36,40-41H,5-7,12-15,35H2,(H,37,38). The second kappa shape index (κ2) is 14.2. The first-order valence-electron chi connectivity index (χ1n) is 15.9. The van der Waals surface area contributed by atoms with Gasteiger partial charge < -0.3 is 64.2 Å². The Morgan fingerprint density at radius 1 is 0.940 bits per heavy atom. The van der Waals surface area contributed by atoms with Gasteiger partial charge in [0.2, 0.25) is 6.79 Å². The first-order valence-corrected chi connectivity index (χ1v) is 15.9. The van der Waals surface area contributed by atoms with Crippen LogP contribution < -0.4 is 29.6 Å². The number of esters is 1. The van der Waals surface area contributed by atoms with Crippen LogP contribution in [0.3, 0.4) is 0 Å². The van der Waals surface area contributed by atoms with E-state index in [1.54, 1.807) is 42.5 Å². The van der Waals surface area contributed by atoms with Gasteiger partial charge in [-0.2, -0.15) is 4.89 Å². The topological polar surface area (TPSA) is 224 Å². The molecule has 16 nitrogen and oxygen atoms in total. The average Bonchev–Trinajstić information content (AvgIpc) is 3.71. The second-order valence-corrected chi connectivity index (χ2v) is 12.1. The molecule has 1 fully saturated rings. The van der Waals surface area contributed by atoms with Crippen molar-refractivity contribution in [3.63, 3.8) is 0 Å². The van der Waals surface area contributed by atoms with Crippen molar-refractivity contribution in [3.8, 4) is 34.5 Å². The third-order valence-corrected chi connectivity index (χ3v) is 8.74. The van der Waals surface area contributed by atoms with Crippen molar-refractivity contribution in [2.45, 2.75) is 55.6 Å². The summed E-state index contributed by atoms with van der Waals surface area (Å²) in [6, 6.07) is 13.8. The number of nitrogens with two attached hydrogens (primary N) is 1. The molecule has 3 aromatic rings. The molecule has 0 aliphatic carbocycles. The minimum atomic E-state index is -1.66. The molecule has 50 heavy (non-hydrogen) atoms. The van der Waals surface area contributed by atoms with Crippen LogP contribution >= 0.6 is 0 Å². The zero-order chi connectivity index (χ0) is 34.9. The van der Waals surface area contributed by atoms with Gasteiger partial charge in [0.1, 0.15) is 54.7 Å². The largest absolute Gasteiger partial charge is 0.508 e. The van der Waals surface area contributed by atoms with Gasteiger partial charge in [-0.1, -0.05) is 12.1 Å². The van der Waals surface area contributed by atoms with Crippen molar-refractivity contribution in [1.29, 1.82) is 0 Å². The second-order valence-electron chi connectivity index (χ2n) is 12.1. The van der Waals surface area contributed by atoms with Crippen LogP contribution in [0, 0.1) is 0 Å². The molecule has 4 heterocycles. The minimum absolute atomic E-state index is 0.0215. The molecule has 0 radical (unpaired) electrons. The van der Waals surface area contributed by atoms with E-state index in [4.69, 9.17) is 53.8 Å². The van der Waals surface area contributed by atoms with Crippen molar-refractivity contribution in [2.24, 2.45) is 5.73 Å². The molecule has 3 aromatic carbocycles. The summed E-state index contributed by atoms with van der Waals surface area (Å²) in [4.78, 5) is 34.1. The fraction of sp³-hybridized carbons (Fsp3) is 0.412. The number of phenolic OH excluding ortho intramolecular Hbond substituents is 1. The van der Waals surface area contributed by atoms with E-state index < -0.39 is 61.8 Å². The lowest BCUT2D eigenvalue weighted by Gasteiger charge is -2.41. The third-order valence-electron chi connectivity index (χ3n) is 8.74. The Labute approximate surface area is 284 Å². The molecule has 266 valence electrons. The Hall–Kier alpha value is -4.84. The summed E-state index contributed by atoms with van der Waals surface area (Å²) in [6.45, 7) is -0.0317. The van der Waals surface area contributed by atoms with Gasteiger partial charge >= 0.3 is 11.9 Å². The van der Waals surface area contributed by atoms with E-state index in [1.165, 1.54) is 0 Å². The van der Waals surface area contributed by atoms with E-state index in [9.17, 15) is 24.9 Å². The Bertz CT molecular complexity index is 1730. The van der Waals surface area contributed by atoms with E-state index >= 15 is 0 Å². The number of rotatable bonds is 12. The fourth-order valence-corrected chi connectivity index (χ4v) is 6.35. The summed E-state index contributed by atoms with van der Waals surface area (Å²) in [6.07, 6.45) is -8.27. The molecule has 7 unspecified atom stereocenters. The minimum Gasteiger partial charge on any atom is -0.508 e. The van der Waals surface area contributed by atoms with Crippen molar-refractivity contribution < 1.29 is 72.9 Å². The van der Waals surface area contributed by atoms with Gasteiger partial charge in [0.05, 0.1) is 19.1 Å². The van der Waals surface area contributed by atoms with E-state index in [0.29, 0.717) is 41.6 Å². The molecule has 4 aliphatic rings. The summed E-state index contributed by atoms with van der Waals surface area (Å²) in [5.74, 6) is 0.170. The van der Waals surface area contributed by atoms with E-state index in [0.717, 1.165) is 16.7 Å². The SMILES string of the molecule is NCCOC1OC(COC(=O)CC(=O)O)C(O)C(O)C1OOc1cc(Cc2ccc(O)cc2)c2c(c1)C1Oc3cc4c(cc3C1CO2)OCO4. The highest BCUT2D eigenvalue weighted by molar-refractivity contribution is 5.90. The van der Waals surface area contributed by atoms with Crippen molar-refractivity contribution in [3.05, 3.63) is 70.8 Å². The fourth-order valence-electron chi connectivity index (χ4n) is 6.35. The van der Waals surface area contributed by atoms with Crippen LogP contribution in [0.4, 0.5) is 0 Å². The molecule has 0 aromatic heterocycles. The molecule has 7 atom stereocenters. The number of hydrogen-bond donors (Lipinski definition) is 5. The first-order chi connectivity index (χ1) is 24.2. The lowest BCUT2D eigenvalue weighted by atomic mass is 9.87. The molecular formula is C34H35NO15. The maximum absolute atomic E-state index is 11.8. The molecule has 1 saturated heterocycles. The molecule has 0 saturated carbocycles. The van der Waals surface area contributed by atoms with Gasteiger partial charge in [-0.15, -0.1) is 0 Å². The summed E-state index contributed by atoms with van der Waals surface area (Å²) in [7, 11) is 0. The van der Waals surface area contributed by atoms with Crippen LogP contribution in [0.5, 0.6) is 34.5 Å². The van der Waals surface area contributed by atoms with Crippen molar-refractivity contribution in [2.75, 3.05) is 33.2 Å². The number of ether oxygens (including phenoxy) is 7. The molecule has 0 amide bonds. The number of hydrogen-bond acceptors (Lipinski definition) is 15. The molecule has 7 rings (SSSR count). The average molecular weight is 698 g/mol. The maximum atomic E-state index is 11.8. The Balaban J connectivity index is 1.14. The van der Waals surface area contributed by atoms with Gasteiger partial charge in [-0.05, 0) is 35.9 Å². The number of carbonyl (C=O) groups is 2. The highest BCUT2D eigenvalue weighted by Gasteiger charge is 2.48. The summed E-state index contributed by atoms with van der Waals surface area (Å²) in [5.41, 5.74) is 8.79. The zero-order valence-electron chi connectivity index (χ0n) is 26.5. The van der Waals surface area contributed by atoms with Gasteiger partial charge in [-0.3, -0.25) is 9.59 Å². The highest BCUT2D eigenvalue weighted by atomic mass is 17.2. The number of aliphatic hydroxyl groups is 2. The van der Waals surface area contributed by atoms with Crippen LogP contribution in [-0.2, 0) is 35.1 Å². The number of benzene rings is 3. The monoisotopic (exact) mass is 697 g/mol. The predicted molar refractivity (Wildman–Crippen MR) is 166 cm³/mol. The molecule has 0 spiro atoms. The van der Waals surface area contributed by atoms with Crippen molar-refractivity contribution >= 4 is 11.9 Å². The van der Waals surface area contributed by atoms with Crippen LogP contribution in [0.25, 0.3) is 0 Å². The Morgan fingerprint density at radius 3 is 2.48 bits per heavy atom. The number of aliphatic hydroxyl groups excluding tert-OH is 2. The summed E-state index contributed by atoms with van der Waals surface area (Å²) >= 11 is 0. The van der Waals surface area contributed by atoms with Gasteiger partial charge in [-0.25, -0.2) is 0 Å². The molecule has 4 aliphatic heterocycles. The number of carboxylic acid groups (broad SMARTS) is 1. The quantitative estimate of drug-likeness (QED) is 0.0781. The van der Waals surface area contributed by atoms with Gasteiger partial charge in [0, 0.05) is 35.7 Å². The van der Waals surface area contributed by atoms with Gasteiger partial charge in [0.25, 0.3) is 0 Å². The maximum Gasteiger partial charge on any atom is 0.317 e. The van der Waals surface area contributed by atoms with Crippen LogP contribution in [0.1, 0.15) is 40.7 Å². The molecular weight excluding hydrogens is 662 g/mol. The number of carboxylic acids is 1. The summed E-state index contributed by atoms with van der Waals surface area (Å²) < 4.78 is 40.3. The number of aliphatic carboxylic acids is 1. The van der Waals surface area contributed by atoms with E-state index in [1.807, 2.05) is 6.07 Å². The number of phenols is 1. The van der Waals surface area contributed by atoms with E-state index in [2.05, 4.69) is 0 Å². The molecule has 16 heteroatoms. The normalized spacial score (nSPS) is 25.8. The Kier molecular flexibility index (Phi) is 9.54. The van der Waals surface area contributed by atoms with Crippen molar-refractivity contribution in [1.82, 2.24) is 0 Å². The summed E-state index contributed by atoms with van der Waals surface area (Å²) in [5, 5.41) is 40.5. The number of aromatic hydroxyl groups is 1. The molecule has 0 bridgehead atoms. The van der Waals surface area contributed by atoms with Crippen LogP contribution in [-0.4, -0.2) is 96.2 Å². The lowest BCUT2D eigenvalue weighted by molar-refractivity contribution is -0.372. The predicted octanol–water partition coefficient (Wildman–Crippen LogP) is 1.44. The number of fused-ring (bicyclic) bond motifs is 6. The Morgan fingerprint density at radius 2 is 1.72 bits per heavy atom. The van der Waals surface area contributed by atoms with Crippen LogP contribution in [0.2, 0.25) is 0 Å². The first kappa shape index (κ1) is 33.6. The molecule has 6 N–H and O–H groups in total. The zero-order valence-corrected chi connectivity index (χ0v) is 26.5. The van der Waals surface area contributed by atoms with Gasteiger partial charge in [0.15, 0.2) is 29.6 Å². The lowest BCUT2D eigenvalue weighted by Crippen LogP contribution is -2.60. The van der Waals surface area contributed by atoms with Crippen LogP contribution in [0.15, 0.2) is 48.5 Å².